The molecule has 26 heavy (non-hydrogen) atoms. The first-order valence-electron chi connectivity index (χ1n) is 8.59. The van der Waals surface area contributed by atoms with Crippen LogP contribution in [0.5, 0.6) is 5.75 Å². The monoisotopic (exact) mass is 359 g/mol. The lowest BCUT2D eigenvalue weighted by molar-refractivity contribution is -0.149. The van der Waals surface area contributed by atoms with Crippen molar-refractivity contribution in [3.63, 3.8) is 0 Å². The fourth-order valence-corrected chi connectivity index (χ4v) is 2.80. The molecule has 0 bridgehead atoms. The Bertz CT molecular complexity index is 718. The zero-order chi connectivity index (χ0) is 19.1. The molecule has 6 nitrogen and oxygen atoms in total. The van der Waals surface area contributed by atoms with Gasteiger partial charge in [-0.1, -0.05) is 12.1 Å². The van der Waals surface area contributed by atoms with Gasteiger partial charge >= 0.3 is 11.9 Å². The van der Waals surface area contributed by atoms with E-state index in [1.54, 1.807) is 27.0 Å². The number of methoxy groups -OCH3 is 1. The van der Waals surface area contributed by atoms with Crippen LogP contribution in [0.2, 0.25) is 0 Å². The second-order valence-corrected chi connectivity index (χ2v) is 5.98. The van der Waals surface area contributed by atoms with Crippen molar-refractivity contribution in [2.24, 2.45) is 5.92 Å². The summed E-state index contributed by atoms with van der Waals surface area (Å²) < 4.78 is 15.6. The number of hydrogen-bond acceptors (Lipinski definition) is 6. The van der Waals surface area contributed by atoms with E-state index < -0.39 is 17.9 Å². The van der Waals surface area contributed by atoms with Crippen LogP contribution in [0.25, 0.3) is 0 Å². The summed E-state index contributed by atoms with van der Waals surface area (Å²) >= 11 is 0. The van der Waals surface area contributed by atoms with Crippen LogP contribution in [0.1, 0.15) is 26.3 Å². The Balaban J connectivity index is 2.01. The number of ether oxygens (including phenoxy) is 3. The topological polar surface area (TPSA) is 73.9 Å². The quantitative estimate of drug-likeness (QED) is 0.755. The van der Waals surface area contributed by atoms with Crippen molar-refractivity contribution < 1.29 is 23.8 Å². The first-order chi connectivity index (χ1) is 12.5. The maximum atomic E-state index is 12.5. The summed E-state index contributed by atoms with van der Waals surface area (Å²) in [6.45, 7) is 5.80. The molecule has 0 saturated carbocycles. The molecule has 6 heteroatoms. The number of allylic oxidation sites excluding steroid dienone is 2. The second kappa shape index (κ2) is 9.08. The normalized spacial score (nSPS) is 16.5. The molecule has 0 aliphatic carbocycles. The van der Waals surface area contributed by atoms with E-state index in [9.17, 15) is 9.59 Å². The largest absolute Gasteiger partial charge is 0.497 e. The molecule has 0 spiro atoms. The second-order valence-electron chi connectivity index (χ2n) is 5.98. The van der Waals surface area contributed by atoms with Crippen LogP contribution in [0.3, 0.4) is 0 Å². The van der Waals surface area contributed by atoms with Gasteiger partial charge in [0.1, 0.15) is 11.7 Å². The minimum Gasteiger partial charge on any atom is -0.497 e. The molecule has 0 saturated heterocycles. The summed E-state index contributed by atoms with van der Waals surface area (Å²) in [5.41, 5.74) is 2.74. The predicted molar refractivity (Wildman–Crippen MR) is 97.4 cm³/mol. The van der Waals surface area contributed by atoms with Crippen molar-refractivity contribution in [1.82, 2.24) is 5.32 Å². The molecule has 1 heterocycles. The fraction of sp³-hybridized carbons (Fsp3) is 0.400. The number of esters is 2. The Morgan fingerprint density at radius 1 is 1.12 bits per heavy atom. The Labute approximate surface area is 153 Å². The summed E-state index contributed by atoms with van der Waals surface area (Å²) in [6, 6.07) is 7.58. The Morgan fingerprint density at radius 3 is 2.42 bits per heavy atom. The lowest BCUT2D eigenvalue weighted by atomic mass is 9.93. The highest BCUT2D eigenvalue weighted by Crippen LogP contribution is 2.25. The van der Waals surface area contributed by atoms with Crippen LogP contribution in [0.15, 0.2) is 47.3 Å². The molecule has 1 atom stereocenters. The van der Waals surface area contributed by atoms with Crippen molar-refractivity contribution in [1.29, 1.82) is 0 Å². The van der Waals surface area contributed by atoms with Gasteiger partial charge in [0.15, 0.2) is 0 Å². The predicted octanol–water partition coefficient (Wildman–Crippen LogP) is 2.74. The van der Waals surface area contributed by atoms with E-state index in [1.807, 2.05) is 31.2 Å². The van der Waals surface area contributed by atoms with Gasteiger partial charge in [0, 0.05) is 17.8 Å². The van der Waals surface area contributed by atoms with Gasteiger partial charge in [0.2, 0.25) is 0 Å². The number of rotatable bonds is 7. The summed E-state index contributed by atoms with van der Waals surface area (Å²) in [5, 5.41) is 3.07. The molecule has 0 radical (unpaired) electrons. The van der Waals surface area contributed by atoms with Gasteiger partial charge in [-0.3, -0.25) is 4.79 Å². The van der Waals surface area contributed by atoms with Gasteiger partial charge in [0.25, 0.3) is 0 Å². The lowest BCUT2D eigenvalue weighted by Gasteiger charge is -2.24. The van der Waals surface area contributed by atoms with Crippen molar-refractivity contribution in [2.45, 2.75) is 27.2 Å². The number of dihydropyridines is 1. The molecular formula is C20H25NO5. The minimum atomic E-state index is -0.758. The molecule has 1 N–H and O–H groups in total. The van der Waals surface area contributed by atoms with E-state index in [0.29, 0.717) is 17.7 Å². The molecule has 1 aromatic rings. The number of nitrogens with one attached hydrogen (secondary N) is 1. The van der Waals surface area contributed by atoms with Crippen LogP contribution >= 0.6 is 0 Å². The standard InChI is InChI=1S/C20H25NO5/c1-5-25-20(23)18-14(3)21-13(2)12-17(18)19(22)26-11-10-15-6-8-16(24-4)9-7-15/h6-9,12,17,21H,5,10-11H2,1-4H3/t17-/m0/s1. The Hall–Kier alpha value is -2.76. The van der Waals surface area contributed by atoms with Crippen LogP contribution < -0.4 is 10.1 Å². The first kappa shape index (κ1) is 19.6. The van der Waals surface area contributed by atoms with Crippen LogP contribution in [-0.4, -0.2) is 32.3 Å². The highest BCUT2D eigenvalue weighted by molar-refractivity contribution is 5.97. The molecule has 2 rings (SSSR count). The van der Waals surface area contributed by atoms with Gasteiger partial charge in [0.05, 0.1) is 25.9 Å². The average molecular weight is 359 g/mol. The molecule has 140 valence electrons. The number of carbonyl (C=O) groups excluding carboxylic acids is 2. The zero-order valence-corrected chi connectivity index (χ0v) is 15.6. The fourth-order valence-electron chi connectivity index (χ4n) is 2.80. The summed E-state index contributed by atoms with van der Waals surface area (Å²) in [4.78, 5) is 24.8. The van der Waals surface area contributed by atoms with E-state index in [1.165, 1.54) is 0 Å². The number of hydrogen-bond donors (Lipinski definition) is 1. The SMILES string of the molecule is CCOC(=O)C1=C(C)NC(C)=C[C@@H]1C(=O)OCCc1ccc(OC)cc1. The van der Waals surface area contributed by atoms with Crippen molar-refractivity contribution in [2.75, 3.05) is 20.3 Å². The maximum absolute atomic E-state index is 12.5. The zero-order valence-electron chi connectivity index (χ0n) is 15.6. The van der Waals surface area contributed by atoms with E-state index >= 15 is 0 Å². The van der Waals surface area contributed by atoms with Crippen LogP contribution in [0.4, 0.5) is 0 Å². The third kappa shape index (κ3) is 4.88. The minimum absolute atomic E-state index is 0.233. The van der Waals surface area contributed by atoms with Gasteiger partial charge in [-0.2, -0.15) is 0 Å². The molecule has 0 aromatic heterocycles. The molecule has 1 aromatic carbocycles. The van der Waals surface area contributed by atoms with Gasteiger partial charge in [-0.25, -0.2) is 4.79 Å². The molecular weight excluding hydrogens is 334 g/mol. The van der Waals surface area contributed by atoms with Gasteiger partial charge in [-0.15, -0.1) is 0 Å². The van der Waals surface area contributed by atoms with Crippen molar-refractivity contribution in [3.05, 3.63) is 52.9 Å². The average Bonchev–Trinajstić information content (AvgIpc) is 2.61. The third-order valence-electron chi connectivity index (χ3n) is 4.06. The van der Waals surface area contributed by atoms with E-state index in [2.05, 4.69) is 5.32 Å². The van der Waals surface area contributed by atoms with E-state index in [4.69, 9.17) is 14.2 Å². The maximum Gasteiger partial charge on any atom is 0.336 e. The Morgan fingerprint density at radius 2 is 1.81 bits per heavy atom. The van der Waals surface area contributed by atoms with Crippen LogP contribution in [-0.2, 0) is 25.5 Å². The van der Waals surface area contributed by atoms with E-state index in [-0.39, 0.29) is 13.2 Å². The van der Waals surface area contributed by atoms with Crippen molar-refractivity contribution in [3.8, 4) is 5.75 Å². The lowest BCUT2D eigenvalue weighted by Crippen LogP contribution is -2.32. The van der Waals surface area contributed by atoms with E-state index in [0.717, 1.165) is 17.0 Å². The molecule has 0 amide bonds. The summed E-state index contributed by atoms with van der Waals surface area (Å²) in [5.74, 6) is -0.938. The van der Waals surface area contributed by atoms with Crippen molar-refractivity contribution >= 4 is 11.9 Å². The number of benzene rings is 1. The third-order valence-corrected chi connectivity index (χ3v) is 4.06. The highest BCUT2D eigenvalue weighted by Gasteiger charge is 2.33. The highest BCUT2D eigenvalue weighted by atomic mass is 16.5. The Kier molecular flexibility index (Phi) is 6.83. The summed E-state index contributed by atoms with van der Waals surface area (Å²) in [6.07, 6.45) is 2.27. The molecule has 0 unspecified atom stereocenters. The van der Waals surface area contributed by atoms with Crippen LogP contribution in [0, 0.1) is 5.92 Å². The molecule has 1 aliphatic rings. The molecule has 0 fully saturated rings. The smallest absolute Gasteiger partial charge is 0.336 e. The van der Waals surface area contributed by atoms with Gasteiger partial charge < -0.3 is 19.5 Å². The summed E-state index contributed by atoms with van der Waals surface area (Å²) in [7, 11) is 1.61. The molecule has 1 aliphatic heterocycles. The first-order valence-corrected chi connectivity index (χ1v) is 8.59. The van der Waals surface area contributed by atoms with Gasteiger partial charge in [-0.05, 0) is 44.5 Å². The number of carbonyl (C=O) groups is 2.